The van der Waals surface area contributed by atoms with E-state index in [1.54, 1.807) is 54.6 Å². The zero-order valence-electron chi connectivity index (χ0n) is 16.9. The lowest BCUT2D eigenvalue weighted by molar-refractivity contribution is 0.323. The quantitative estimate of drug-likeness (QED) is 0.445. The van der Waals surface area contributed by atoms with Crippen molar-refractivity contribution in [3.05, 3.63) is 91.0 Å². The zero-order chi connectivity index (χ0) is 21.7. The first-order valence-electron chi connectivity index (χ1n) is 9.80. The smallest absolute Gasteiger partial charge is 0.261 e. The summed E-state index contributed by atoms with van der Waals surface area (Å²) in [6, 6.07) is 27.2. The van der Waals surface area contributed by atoms with Crippen molar-refractivity contribution in [2.24, 2.45) is 0 Å². The second kappa shape index (κ2) is 8.97. The fourth-order valence-corrected chi connectivity index (χ4v) is 4.16. The molecule has 156 valence electrons. The molecule has 0 radical (unpaired) electrons. The van der Waals surface area contributed by atoms with Crippen LogP contribution >= 0.6 is 0 Å². The Morgan fingerprint density at radius 1 is 0.774 bits per heavy atom. The van der Waals surface area contributed by atoms with Gasteiger partial charge in [0.15, 0.2) is 0 Å². The van der Waals surface area contributed by atoms with Crippen LogP contribution in [0.2, 0.25) is 0 Å². The molecule has 3 aromatic carbocycles. The van der Waals surface area contributed by atoms with E-state index in [0.717, 1.165) is 16.7 Å². The predicted molar refractivity (Wildman–Crippen MR) is 121 cm³/mol. The number of hydrogen-bond acceptors (Lipinski definition) is 5. The molecule has 0 amide bonds. The van der Waals surface area contributed by atoms with Crippen molar-refractivity contribution in [1.82, 2.24) is 10.2 Å². The number of aromatic nitrogens is 2. The highest BCUT2D eigenvalue weighted by molar-refractivity contribution is 7.92. The third-order valence-electron chi connectivity index (χ3n) is 4.61. The molecule has 0 unspecified atom stereocenters. The van der Waals surface area contributed by atoms with Gasteiger partial charge in [-0.05, 0) is 48.4 Å². The van der Waals surface area contributed by atoms with Crippen LogP contribution in [0.25, 0.3) is 22.4 Å². The molecule has 0 aliphatic heterocycles. The standard InChI is InChI=1S/C24H21N3O3S/c1-2-30-24-16-15-23(25-26-24)20-9-6-10-21(17-20)27-31(28,29)22-13-11-19(12-14-22)18-7-4-3-5-8-18/h3-17,27H,2H2,1H3. The molecule has 4 rings (SSSR count). The van der Waals surface area contributed by atoms with Gasteiger partial charge in [0.2, 0.25) is 5.88 Å². The Morgan fingerprint density at radius 2 is 1.48 bits per heavy atom. The van der Waals surface area contributed by atoms with Crippen molar-refractivity contribution in [3.8, 4) is 28.3 Å². The molecule has 0 atom stereocenters. The number of sulfonamides is 1. The van der Waals surface area contributed by atoms with E-state index in [9.17, 15) is 8.42 Å². The number of benzene rings is 3. The summed E-state index contributed by atoms with van der Waals surface area (Å²) in [7, 11) is -3.73. The molecule has 1 heterocycles. The van der Waals surface area contributed by atoms with E-state index in [1.807, 2.05) is 43.3 Å². The zero-order valence-corrected chi connectivity index (χ0v) is 17.7. The molecule has 0 bridgehead atoms. The monoisotopic (exact) mass is 431 g/mol. The van der Waals surface area contributed by atoms with Crippen LogP contribution in [0.3, 0.4) is 0 Å². The average molecular weight is 432 g/mol. The Labute approximate surface area is 181 Å². The fraction of sp³-hybridized carbons (Fsp3) is 0.0833. The summed E-state index contributed by atoms with van der Waals surface area (Å²) < 4.78 is 33.7. The van der Waals surface area contributed by atoms with E-state index >= 15 is 0 Å². The van der Waals surface area contributed by atoms with Gasteiger partial charge < -0.3 is 4.74 Å². The maximum atomic E-state index is 12.9. The van der Waals surface area contributed by atoms with E-state index < -0.39 is 10.0 Å². The van der Waals surface area contributed by atoms with Crippen molar-refractivity contribution >= 4 is 15.7 Å². The van der Waals surface area contributed by atoms with Gasteiger partial charge in [-0.2, -0.15) is 0 Å². The lowest BCUT2D eigenvalue weighted by Gasteiger charge is -2.10. The van der Waals surface area contributed by atoms with Gasteiger partial charge in [0.1, 0.15) is 0 Å². The van der Waals surface area contributed by atoms with Crippen LogP contribution in [0.5, 0.6) is 5.88 Å². The van der Waals surface area contributed by atoms with Crippen LogP contribution < -0.4 is 9.46 Å². The maximum absolute atomic E-state index is 12.9. The number of anilines is 1. The summed E-state index contributed by atoms with van der Waals surface area (Å²) >= 11 is 0. The minimum absolute atomic E-state index is 0.193. The Balaban J connectivity index is 1.54. The molecule has 0 spiro atoms. The van der Waals surface area contributed by atoms with Crippen LogP contribution in [0.1, 0.15) is 6.92 Å². The molecule has 1 aromatic heterocycles. The van der Waals surface area contributed by atoms with E-state index in [1.165, 1.54) is 0 Å². The van der Waals surface area contributed by atoms with Crippen LogP contribution in [-0.2, 0) is 10.0 Å². The van der Waals surface area contributed by atoms with Crippen molar-refractivity contribution in [2.45, 2.75) is 11.8 Å². The van der Waals surface area contributed by atoms with Crippen molar-refractivity contribution in [1.29, 1.82) is 0 Å². The molecule has 0 aliphatic carbocycles. The van der Waals surface area contributed by atoms with Crippen molar-refractivity contribution < 1.29 is 13.2 Å². The molecule has 31 heavy (non-hydrogen) atoms. The minimum atomic E-state index is -3.73. The van der Waals surface area contributed by atoms with Gasteiger partial charge >= 0.3 is 0 Å². The van der Waals surface area contributed by atoms with Gasteiger partial charge in [0, 0.05) is 17.3 Å². The second-order valence-corrected chi connectivity index (χ2v) is 8.45. The van der Waals surface area contributed by atoms with Gasteiger partial charge in [-0.25, -0.2) is 8.42 Å². The first kappa shape index (κ1) is 20.6. The van der Waals surface area contributed by atoms with Crippen LogP contribution in [0.15, 0.2) is 95.9 Å². The Bertz CT molecular complexity index is 1260. The van der Waals surface area contributed by atoms with Crippen molar-refractivity contribution in [3.63, 3.8) is 0 Å². The third kappa shape index (κ3) is 4.90. The van der Waals surface area contributed by atoms with Gasteiger partial charge in [-0.1, -0.05) is 54.6 Å². The highest BCUT2D eigenvalue weighted by Gasteiger charge is 2.15. The molecule has 1 N–H and O–H groups in total. The van der Waals surface area contributed by atoms with Crippen molar-refractivity contribution in [2.75, 3.05) is 11.3 Å². The molecule has 0 aliphatic rings. The molecular formula is C24H21N3O3S. The molecule has 0 saturated carbocycles. The Hall–Kier alpha value is -3.71. The molecule has 4 aromatic rings. The lowest BCUT2D eigenvalue weighted by Crippen LogP contribution is -2.12. The maximum Gasteiger partial charge on any atom is 0.261 e. The Kier molecular flexibility index (Phi) is 5.95. The highest BCUT2D eigenvalue weighted by atomic mass is 32.2. The summed E-state index contributed by atoms with van der Waals surface area (Å²) in [4.78, 5) is 0.193. The number of nitrogens with zero attached hydrogens (tertiary/aromatic N) is 2. The summed E-state index contributed by atoms with van der Waals surface area (Å²) in [6.45, 7) is 2.39. The number of nitrogens with one attached hydrogen (secondary N) is 1. The summed E-state index contributed by atoms with van der Waals surface area (Å²) in [6.07, 6.45) is 0. The molecule has 0 saturated heterocycles. The van der Waals surface area contributed by atoms with Gasteiger partial charge in [0.25, 0.3) is 10.0 Å². The fourth-order valence-electron chi connectivity index (χ4n) is 3.11. The normalized spacial score (nSPS) is 11.1. The largest absolute Gasteiger partial charge is 0.477 e. The predicted octanol–water partition coefficient (Wildman–Crippen LogP) is 5.01. The SMILES string of the molecule is CCOc1ccc(-c2cccc(NS(=O)(=O)c3ccc(-c4ccccc4)cc3)c2)nn1. The summed E-state index contributed by atoms with van der Waals surface area (Å²) in [5.41, 5.74) is 3.80. The lowest BCUT2D eigenvalue weighted by atomic mass is 10.1. The van der Waals surface area contributed by atoms with E-state index in [0.29, 0.717) is 23.9 Å². The molecule has 0 fully saturated rings. The second-order valence-electron chi connectivity index (χ2n) is 6.77. The molecular weight excluding hydrogens is 410 g/mol. The third-order valence-corrected chi connectivity index (χ3v) is 6.01. The molecule has 6 nitrogen and oxygen atoms in total. The minimum Gasteiger partial charge on any atom is -0.477 e. The van der Waals surface area contributed by atoms with E-state index in [4.69, 9.17) is 4.74 Å². The van der Waals surface area contributed by atoms with Crippen LogP contribution in [-0.4, -0.2) is 25.2 Å². The van der Waals surface area contributed by atoms with Gasteiger partial charge in [0.05, 0.1) is 17.2 Å². The number of ether oxygens (including phenoxy) is 1. The van der Waals surface area contributed by atoms with E-state index in [2.05, 4.69) is 14.9 Å². The Morgan fingerprint density at radius 3 is 2.16 bits per heavy atom. The van der Waals surface area contributed by atoms with Crippen LogP contribution in [0.4, 0.5) is 5.69 Å². The van der Waals surface area contributed by atoms with E-state index in [-0.39, 0.29) is 4.90 Å². The first-order valence-corrected chi connectivity index (χ1v) is 11.3. The highest BCUT2D eigenvalue weighted by Crippen LogP contribution is 2.25. The van der Waals surface area contributed by atoms with Gasteiger partial charge in [-0.3, -0.25) is 4.72 Å². The summed E-state index contributed by atoms with van der Waals surface area (Å²) in [5, 5.41) is 8.17. The topological polar surface area (TPSA) is 81.2 Å². The first-order chi connectivity index (χ1) is 15.0. The van der Waals surface area contributed by atoms with Gasteiger partial charge in [-0.15, -0.1) is 10.2 Å². The number of rotatable bonds is 7. The average Bonchev–Trinajstić information content (AvgIpc) is 2.80. The summed E-state index contributed by atoms with van der Waals surface area (Å²) in [5.74, 6) is 0.446. The number of hydrogen-bond donors (Lipinski definition) is 1. The molecule has 7 heteroatoms. The van der Waals surface area contributed by atoms with Crippen LogP contribution in [0, 0.1) is 0 Å².